The highest BCUT2D eigenvalue weighted by Crippen LogP contribution is 2.28. The molecular weight excluding hydrogens is 435 g/mol. The first-order valence-electron chi connectivity index (χ1n) is 11.8. The van der Waals surface area contributed by atoms with E-state index in [1.54, 1.807) is 0 Å². The molecule has 0 fully saturated rings. The van der Waals surface area contributed by atoms with E-state index < -0.39 is 5.95 Å². The largest absolute Gasteiger partial charge is 0.361 e. The fourth-order valence-corrected chi connectivity index (χ4v) is 4.18. The zero-order valence-electron chi connectivity index (χ0n) is 21.4. The highest BCUT2D eigenvalue weighted by Gasteiger charge is 2.12. The van der Waals surface area contributed by atoms with E-state index in [2.05, 4.69) is 77.5 Å². The van der Waals surface area contributed by atoms with E-state index in [0.29, 0.717) is 0 Å². The van der Waals surface area contributed by atoms with Gasteiger partial charge in [0.2, 0.25) is 5.95 Å². The topological polar surface area (TPSA) is 44.0 Å². The molecule has 0 saturated carbocycles. The predicted molar refractivity (Wildman–Crippen MR) is 148 cm³/mol. The summed E-state index contributed by atoms with van der Waals surface area (Å²) < 4.78 is 13.9. The lowest BCUT2D eigenvalue weighted by atomic mass is 9.93. The van der Waals surface area contributed by atoms with Crippen molar-refractivity contribution in [1.82, 2.24) is 14.9 Å². The first-order valence-corrected chi connectivity index (χ1v) is 11.8. The minimum Gasteiger partial charge on any atom is -0.361 e. The van der Waals surface area contributed by atoms with E-state index in [1.807, 2.05) is 39.4 Å². The number of nitrogens with one attached hydrogen (secondary N) is 2. The van der Waals surface area contributed by atoms with Crippen LogP contribution in [0.4, 0.5) is 10.1 Å². The lowest BCUT2D eigenvalue weighted by Crippen LogP contribution is -2.25. The van der Waals surface area contributed by atoms with Gasteiger partial charge in [-0.25, -0.2) is 4.98 Å². The van der Waals surface area contributed by atoms with Gasteiger partial charge >= 0.3 is 0 Å². The van der Waals surface area contributed by atoms with Gasteiger partial charge in [-0.3, -0.25) is 0 Å². The number of aryl methyl sites for hydroxylation is 1. The molecule has 0 amide bonds. The van der Waals surface area contributed by atoms with Crippen LogP contribution in [-0.2, 0) is 6.42 Å². The van der Waals surface area contributed by atoms with Gasteiger partial charge in [-0.15, -0.1) is 0 Å². The molecule has 0 saturated heterocycles. The summed E-state index contributed by atoms with van der Waals surface area (Å²) in [5.41, 5.74) is 7.98. The molecule has 1 aromatic carbocycles. The van der Waals surface area contributed by atoms with Gasteiger partial charge in [-0.05, 0) is 86.5 Å². The number of rotatable bonds is 9. The van der Waals surface area contributed by atoms with Gasteiger partial charge in [-0.1, -0.05) is 38.3 Å². The smallest absolute Gasteiger partial charge is 0.213 e. The fourth-order valence-electron chi connectivity index (χ4n) is 4.18. The number of hydrogen-bond donors (Lipinski definition) is 2. The molecule has 4 nitrogen and oxygen atoms in total. The van der Waals surface area contributed by atoms with Crippen LogP contribution in [0.3, 0.4) is 0 Å². The quantitative estimate of drug-likeness (QED) is 0.320. The van der Waals surface area contributed by atoms with E-state index in [9.17, 15) is 4.39 Å². The summed E-state index contributed by atoms with van der Waals surface area (Å²) in [6.07, 6.45) is 10.5. The van der Waals surface area contributed by atoms with Crippen LogP contribution < -0.4 is 15.9 Å². The average Bonchev–Trinajstić information content (AvgIpc) is 3.20. The van der Waals surface area contributed by atoms with Crippen LogP contribution in [0.25, 0.3) is 28.9 Å². The number of benzene rings is 1. The molecule has 0 aliphatic rings. The summed E-state index contributed by atoms with van der Waals surface area (Å²) in [5.74, 6) is -0.504. The number of nitrogens with zero attached hydrogens (tertiary/aromatic N) is 2. The third-order valence-corrected chi connectivity index (χ3v) is 5.87. The molecule has 0 bridgehead atoms. The van der Waals surface area contributed by atoms with Crippen molar-refractivity contribution in [1.29, 1.82) is 0 Å². The summed E-state index contributed by atoms with van der Waals surface area (Å²) >= 11 is 0. The van der Waals surface area contributed by atoms with Crippen LogP contribution in [0.1, 0.15) is 31.9 Å². The van der Waals surface area contributed by atoms with E-state index in [1.165, 1.54) is 17.8 Å². The van der Waals surface area contributed by atoms with Crippen LogP contribution in [0, 0.1) is 5.95 Å². The van der Waals surface area contributed by atoms with E-state index in [-0.39, 0.29) is 0 Å². The Morgan fingerprint density at radius 3 is 2.66 bits per heavy atom. The standard InChI is InChI=1S/C30H35FN4/c1-8-23-15-25(17-26(16-23)34-20(3)11-10-14-35(6)7)27(9-2)21(4)30-22(5)33-19-28(30)24-12-13-32-29(31)18-24/h9-13,15-19,33-34H,3,5,8,14H2,1-2,4,6-7H3/b11-10+,27-9+,30-21+. The number of allylic oxidation sites excluding steroid dienone is 3. The number of hydrogen-bond acceptors (Lipinski definition) is 3. The van der Waals surface area contributed by atoms with Crippen molar-refractivity contribution in [2.24, 2.45) is 0 Å². The maximum Gasteiger partial charge on any atom is 0.213 e. The van der Waals surface area contributed by atoms with Gasteiger partial charge < -0.3 is 15.2 Å². The molecule has 2 N–H and O–H groups in total. The number of pyridine rings is 1. The Morgan fingerprint density at radius 2 is 2.00 bits per heavy atom. The first-order chi connectivity index (χ1) is 16.7. The number of halogens is 1. The lowest BCUT2D eigenvalue weighted by molar-refractivity contribution is 0.456. The SMILES string of the molecule is C=C(/C=C/CN(C)C)Nc1cc(CC)cc(C(=C/C)/C(C)=c2/c(-c3ccnc(F)c3)c[nH]c2=C)c1. The van der Waals surface area contributed by atoms with Crippen molar-refractivity contribution in [3.63, 3.8) is 0 Å². The minimum atomic E-state index is -0.504. The van der Waals surface area contributed by atoms with Crippen molar-refractivity contribution in [2.45, 2.75) is 27.2 Å². The second-order valence-corrected chi connectivity index (χ2v) is 8.84. The zero-order valence-corrected chi connectivity index (χ0v) is 21.4. The normalized spacial score (nSPS) is 12.9. The second kappa shape index (κ2) is 11.6. The van der Waals surface area contributed by atoms with E-state index in [0.717, 1.165) is 62.8 Å². The van der Waals surface area contributed by atoms with Gasteiger partial charge in [0.25, 0.3) is 0 Å². The predicted octanol–water partition coefficient (Wildman–Crippen LogP) is 5.51. The number of aromatic amines is 1. The third-order valence-electron chi connectivity index (χ3n) is 5.87. The van der Waals surface area contributed by atoms with Crippen molar-refractivity contribution < 1.29 is 4.39 Å². The van der Waals surface area contributed by atoms with Crippen LogP contribution in [0.5, 0.6) is 0 Å². The number of H-pyrrole nitrogens is 1. The van der Waals surface area contributed by atoms with Crippen LogP contribution in [-0.4, -0.2) is 35.5 Å². The van der Waals surface area contributed by atoms with Crippen LogP contribution >= 0.6 is 0 Å². The molecule has 35 heavy (non-hydrogen) atoms. The van der Waals surface area contributed by atoms with Crippen molar-refractivity contribution >= 4 is 23.4 Å². The summed E-state index contributed by atoms with van der Waals surface area (Å²) in [4.78, 5) is 9.01. The Kier molecular flexibility index (Phi) is 8.61. The maximum absolute atomic E-state index is 13.9. The molecule has 5 heteroatoms. The van der Waals surface area contributed by atoms with Gasteiger partial charge in [-0.2, -0.15) is 4.39 Å². The molecular formula is C30H35FN4. The van der Waals surface area contributed by atoms with Crippen molar-refractivity contribution in [3.05, 3.63) is 101 Å². The Bertz CT molecular complexity index is 1380. The minimum absolute atomic E-state index is 0.504. The van der Waals surface area contributed by atoms with Crippen molar-refractivity contribution in [3.8, 4) is 11.1 Å². The molecule has 182 valence electrons. The van der Waals surface area contributed by atoms with Gasteiger partial charge in [0.15, 0.2) is 0 Å². The lowest BCUT2D eigenvalue weighted by Gasteiger charge is -2.15. The molecule has 0 spiro atoms. The Balaban J connectivity index is 2.07. The van der Waals surface area contributed by atoms with Crippen LogP contribution in [0.2, 0.25) is 0 Å². The van der Waals surface area contributed by atoms with Gasteiger partial charge in [0.05, 0.1) is 0 Å². The summed E-state index contributed by atoms with van der Waals surface area (Å²) in [6.45, 7) is 15.5. The second-order valence-electron chi connectivity index (χ2n) is 8.84. The molecule has 0 radical (unpaired) electrons. The summed E-state index contributed by atoms with van der Waals surface area (Å²) in [7, 11) is 4.07. The molecule has 3 aromatic rings. The maximum atomic E-state index is 13.9. The Morgan fingerprint density at radius 1 is 1.23 bits per heavy atom. The molecule has 3 rings (SSSR count). The van der Waals surface area contributed by atoms with E-state index >= 15 is 0 Å². The fraction of sp³-hybridized carbons (Fsp3) is 0.233. The number of likely N-dealkylation sites (N-methyl/N-ethyl adjacent to an activating group) is 1. The highest BCUT2D eigenvalue weighted by molar-refractivity contribution is 5.98. The molecule has 0 unspecified atom stereocenters. The molecule has 2 aromatic heterocycles. The Labute approximate surface area is 207 Å². The molecule has 0 aliphatic heterocycles. The van der Waals surface area contributed by atoms with Crippen LogP contribution in [0.15, 0.2) is 73.2 Å². The Hall–Kier alpha value is -3.70. The summed E-state index contributed by atoms with van der Waals surface area (Å²) in [5, 5.41) is 5.19. The molecule has 2 heterocycles. The monoisotopic (exact) mass is 470 g/mol. The third kappa shape index (κ3) is 6.46. The number of aromatic nitrogens is 2. The van der Waals surface area contributed by atoms with Gasteiger partial charge in [0.1, 0.15) is 0 Å². The zero-order chi connectivity index (χ0) is 25.5. The number of anilines is 1. The van der Waals surface area contributed by atoms with Crippen molar-refractivity contribution in [2.75, 3.05) is 26.0 Å². The first kappa shape index (κ1) is 25.9. The highest BCUT2D eigenvalue weighted by atomic mass is 19.1. The van der Waals surface area contributed by atoms with E-state index in [4.69, 9.17) is 0 Å². The summed E-state index contributed by atoms with van der Waals surface area (Å²) in [6, 6.07) is 9.78. The molecule has 0 aliphatic carbocycles. The molecule has 0 atom stereocenters. The van der Waals surface area contributed by atoms with Gasteiger partial charge in [0, 0.05) is 52.5 Å². The average molecular weight is 471 g/mol.